The number of rotatable bonds is 5. The average molecular weight is 291 g/mol. The number of ether oxygens (including phenoxy) is 1. The Hall–Kier alpha value is -1.59. The first-order valence-corrected chi connectivity index (χ1v) is 7.46. The molecule has 5 nitrogen and oxygen atoms in total. The molecule has 1 aliphatic heterocycles. The molecule has 0 spiro atoms. The van der Waals surface area contributed by atoms with Crippen molar-refractivity contribution in [2.45, 2.75) is 31.3 Å². The van der Waals surface area contributed by atoms with Gasteiger partial charge in [-0.25, -0.2) is 0 Å². The number of carbonyl (C=O) groups excluding carboxylic acids is 1. The summed E-state index contributed by atoms with van der Waals surface area (Å²) in [6, 6.07) is 10.3. The van der Waals surface area contributed by atoms with E-state index in [1.807, 2.05) is 25.2 Å². The second-order valence-electron chi connectivity index (χ2n) is 5.77. The molecular weight excluding hydrogens is 266 g/mol. The van der Waals surface area contributed by atoms with Crippen molar-refractivity contribution >= 4 is 11.6 Å². The number of anilines is 1. The summed E-state index contributed by atoms with van der Waals surface area (Å²) in [6.07, 6.45) is 1.17. The Bertz CT molecular complexity index is 458. The van der Waals surface area contributed by atoms with Gasteiger partial charge >= 0.3 is 0 Å². The summed E-state index contributed by atoms with van der Waals surface area (Å²) in [6.45, 7) is 3.78. The van der Waals surface area contributed by atoms with Gasteiger partial charge in [0.1, 0.15) is 0 Å². The largest absolute Gasteiger partial charge is 0.381 e. The van der Waals surface area contributed by atoms with Crippen LogP contribution in [-0.4, -0.2) is 44.3 Å². The van der Waals surface area contributed by atoms with Crippen LogP contribution in [-0.2, 0) is 9.53 Å². The van der Waals surface area contributed by atoms with Gasteiger partial charge in [0, 0.05) is 38.5 Å². The molecule has 1 unspecified atom stereocenters. The van der Waals surface area contributed by atoms with Gasteiger partial charge in [0.2, 0.25) is 5.91 Å². The lowest BCUT2D eigenvalue weighted by atomic mass is 9.90. The molecule has 0 aromatic heterocycles. The molecule has 1 aliphatic rings. The number of nitrogens with two attached hydrogens (primary N) is 1. The van der Waals surface area contributed by atoms with Crippen molar-refractivity contribution in [3.63, 3.8) is 0 Å². The topological polar surface area (TPSA) is 67.6 Å². The smallest absolute Gasteiger partial charge is 0.240 e. The van der Waals surface area contributed by atoms with Gasteiger partial charge in [-0.05, 0) is 31.9 Å². The summed E-state index contributed by atoms with van der Waals surface area (Å²) >= 11 is 0. The lowest BCUT2D eigenvalue weighted by molar-refractivity contribution is -0.129. The zero-order valence-electron chi connectivity index (χ0n) is 12.8. The Morgan fingerprint density at radius 3 is 2.62 bits per heavy atom. The number of hydrogen-bond donors (Lipinski definition) is 2. The molecule has 0 bridgehead atoms. The van der Waals surface area contributed by atoms with Crippen molar-refractivity contribution in [1.82, 2.24) is 5.32 Å². The molecular formula is C16H25N3O2. The maximum atomic E-state index is 12.3. The van der Waals surface area contributed by atoms with Crippen LogP contribution in [0.3, 0.4) is 0 Å². The number of nitrogens with zero attached hydrogens (tertiary/aromatic N) is 1. The minimum atomic E-state index is -0.775. The molecule has 0 aliphatic carbocycles. The quantitative estimate of drug-likeness (QED) is 0.853. The van der Waals surface area contributed by atoms with Crippen LogP contribution < -0.4 is 16.0 Å². The second kappa shape index (κ2) is 6.91. The predicted molar refractivity (Wildman–Crippen MR) is 84.3 cm³/mol. The van der Waals surface area contributed by atoms with Crippen LogP contribution in [0.1, 0.15) is 19.8 Å². The molecule has 1 heterocycles. The average Bonchev–Trinajstić information content (AvgIpc) is 2.53. The van der Waals surface area contributed by atoms with Gasteiger partial charge in [0.15, 0.2) is 0 Å². The minimum absolute atomic E-state index is 0.0703. The van der Waals surface area contributed by atoms with Crippen molar-refractivity contribution in [2.75, 3.05) is 31.7 Å². The highest BCUT2D eigenvalue weighted by Gasteiger charge is 2.35. The SMILES string of the molecule is CC(CNC(=O)C1(N)CCOCC1)N(C)c1ccccc1. The third kappa shape index (κ3) is 3.95. The highest BCUT2D eigenvalue weighted by molar-refractivity contribution is 5.86. The molecule has 1 fully saturated rings. The van der Waals surface area contributed by atoms with Gasteiger partial charge in [-0.1, -0.05) is 18.2 Å². The standard InChI is InChI=1S/C16H25N3O2/c1-13(19(2)14-6-4-3-5-7-14)12-18-15(20)16(17)8-10-21-11-9-16/h3-7,13H,8-12,17H2,1-2H3,(H,18,20). The lowest BCUT2D eigenvalue weighted by Gasteiger charge is -2.33. The monoisotopic (exact) mass is 291 g/mol. The fourth-order valence-electron chi connectivity index (χ4n) is 2.43. The zero-order chi connectivity index (χ0) is 15.3. The summed E-state index contributed by atoms with van der Waals surface area (Å²) < 4.78 is 5.27. The van der Waals surface area contributed by atoms with Crippen molar-refractivity contribution in [3.05, 3.63) is 30.3 Å². The normalized spacial score (nSPS) is 18.8. The first-order chi connectivity index (χ1) is 10.0. The molecule has 5 heteroatoms. The van der Waals surface area contributed by atoms with E-state index in [4.69, 9.17) is 10.5 Å². The molecule has 1 amide bonds. The maximum absolute atomic E-state index is 12.3. The number of amides is 1. The Morgan fingerprint density at radius 2 is 2.00 bits per heavy atom. The summed E-state index contributed by atoms with van der Waals surface area (Å²) in [4.78, 5) is 14.4. The summed E-state index contributed by atoms with van der Waals surface area (Å²) in [7, 11) is 2.03. The first kappa shape index (κ1) is 15.8. The van der Waals surface area contributed by atoms with Crippen LogP contribution in [0.25, 0.3) is 0 Å². The molecule has 2 rings (SSSR count). The fourth-order valence-corrected chi connectivity index (χ4v) is 2.43. The molecule has 1 aromatic carbocycles. The number of nitrogens with one attached hydrogen (secondary N) is 1. The van der Waals surface area contributed by atoms with E-state index in [0.717, 1.165) is 5.69 Å². The molecule has 21 heavy (non-hydrogen) atoms. The van der Waals surface area contributed by atoms with Gasteiger partial charge < -0.3 is 20.7 Å². The van der Waals surface area contributed by atoms with Crippen LogP contribution in [0, 0.1) is 0 Å². The van der Waals surface area contributed by atoms with E-state index in [1.54, 1.807) is 0 Å². The molecule has 116 valence electrons. The van der Waals surface area contributed by atoms with E-state index in [-0.39, 0.29) is 11.9 Å². The van der Waals surface area contributed by atoms with Crippen molar-refractivity contribution in [2.24, 2.45) is 5.73 Å². The molecule has 1 saturated heterocycles. The van der Waals surface area contributed by atoms with Gasteiger partial charge in [-0.3, -0.25) is 4.79 Å². The van der Waals surface area contributed by atoms with Crippen LogP contribution in [0.15, 0.2) is 30.3 Å². The predicted octanol–water partition coefficient (Wildman–Crippen LogP) is 1.14. The Kier molecular flexibility index (Phi) is 5.20. The lowest BCUT2D eigenvalue weighted by Crippen LogP contribution is -2.58. The maximum Gasteiger partial charge on any atom is 0.240 e. The van der Waals surface area contributed by atoms with Gasteiger partial charge in [-0.15, -0.1) is 0 Å². The Balaban J connectivity index is 1.86. The third-order valence-corrected chi connectivity index (χ3v) is 4.22. The van der Waals surface area contributed by atoms with Crippen molar-refractivity contribution in [1.29, 1.82) is 0 Å². The highest BCUT2D eigenvalue weighted by Crippen LogP contribution is 2.18. The molecule has 3 N–H and O–H groups in total. The molecule has 1 atom stereocenters. The first-order valence-electron chi connectivity index (χ1n) is 7.46. The Morgan fingerprint density at radius 1 is 1.38 bits per heavy atom. The van der Waals surface area contributed by atoms with Gasteiger partial charge in [0.05, 0.1) is 5.54 Å². The molecule has 0 radical (unpaired) electrons. The summed E-state index contributed by atoms with van der Waals surface area (Å²) in [5, 5.41) is 2.98. The summed E-state index contributed by atoms with van der Waals surface area (Å²) in [5.74, 6) is -0.0703. The van der Waals surface area contributed by atoms with Crippen LogP contribution in [0.2, 0.25) is 0 Å². The van der Waals surface area contributed by atoms with E-state index in [0.29, 0.717) is 32.6 Å². The minimum Gasteiger partial charge on any atom is -0.381 e. The number of hydrogen-bond acceptors (Lipinski definition) is 4. The molecule has 0 saturated carbocycles. The van der Waals surface area contributed by atoms with E-state index in [2.05, 4.69) is 29.3 Å². The number of para-hydroxylation sites is 1. The van der Waals surface area contributed by atoms with Crippen molar-refractivity contribution < 1.29 is 9.53 Å². The van der Waals surface area contributed by atoms with Crippen molar-refractivity contribution in [3.8, 4) is 0 Å². The van der Waals surface area contributed by atoms with E-state index >= 15 is 0 Å². The number of likely N-dealkylation sites (N-methyl/N-ethyl adjacent to an activating group) is 1. The van der Waals surface area contributed by atoms with Crippen LogP contribution >= 0.6 is 0 Å². The number of benzene rings is 1. The third-order valence-electron chi connectivity index (χ3n) is 4.22. The zero-order valence-corrected chi connectivity index (χ0v) is 12.8. The van der Waals surface area contributed by atoms with Gasteiger partial charge in [-0.2, -0.15) is 0 Å². The van der Waals surface area contributed by atoms with Gasteiger partial charge in [0.25, 0.3) is 0 Å². The summed E-state index contributed by atoms with van der Waals surface area (Å²) in [5.41, 5.74) is 6.53. The van der Waals surface area contributed by atoms with E-state index in [1.165, 1.54) is 0 Å². The second-order valence-corrected chi connectivity index (χ2v) is 5.77. The molecule has 1 aromatic rings. The van der Waals surface area contributed by atoms with Crippen LogP contribution in [0.5, 0.6) is 0 Å². The fraction of sp³-hybridized carbons (Fsp3) is 0.562. The number of carbonyl (C=O) groups is 1. The van der Waals surface area contributed by atoms with Crippen LogP contribution in [0.4, 0.5) is 5.69 Å². The highest BCUT2D eigenvalue weighted by atomic mass is 16.5. The van der Waals surface area contributed by atoms with E-state index < -0.39 is 5.54 Å². The Labute approximate surface area is 126 Å². The van der Waals surface area contributed by atoms with E-state index in [9.17, 15) is 4.79 Å².